The van der Waals surface area contributed by atoms with Gasteiger partial charge in [-0.25, -0.2) is 18.0 Å². The summed E-state index contributed by atoms with van der Waals surface area (Å²) < 4.78 is 211. The summed E-state index contributed by atoms with van der Waals surface area (Å²) in [5.74, 6) is -29.6. The predicted molar refractivity (Wildman–Crippen MR) is 49.1 cm³/mol. The minimum atomic E-state index is -8.56. The molecule has 0 saturated carbocycles. The number of aliphatic carboxylic acids is 1. The van der Waals surface area contributed by atoms with E-state index in [9.17, 15) is 75.1 Å². The third-order valence-electron chi connectivity index (χ3n) is 3.71. The van der Waals surface area contributed by atoms with E-state index in [4.69, 9.17) is 5.11 Å². The summed E-state index contributed by atoms with van der Waals surface area (Å²) in [7, 11) is 0. The first-order chi connectivity index (χ1) is 11.8. The number of carbonyl (C=O) groups is 1. The minimum Gasteiger partial charge on any atom is -0.479 e. The van der Waals surface area contributed by atoms with Crippen molar-refractivity contribution >= 4 is 5.97 Å². The minimum absolute atomic E-state index is 4.46. The molecule has 1 rings (SSSR count). The lowest BCUT2D eigenvalue weighted by molar-refractivity contribution is -0.543. The maximum absolute atomic E-state index is 14.4. The highest BCUT2D eigenvalue weighted by atomic mass is 19.4. The summed E-state index contributed by atoms with van der Waals surface area (Å²) in [6.07, 6.45) is -16.0. The van der Waals surface area contributed by atoms with E-state index < -0.39 is 58.5 Å². The van der Waals surface area contributed by atoms with Gasteiger partial charge in [0.05, 0.1) is 0 Å². The number of piperidine rings is 1. The van der Waals surface area contributed by atoms with E-state index in [0.717, 1.165) is 0 Å². The zero-order chi connectivity index (χ0) is 23.2. The molecule has 28 heavy (non-hydrogen) atoms. The summed E-state index contributed by atoms with van der Waals surface area (Å²) in [6.45, 7) is 0. The van der Waals surface area contributed by atoms with Gasteiger partial charge in [-0.1, -0.05) is 0 Å². The quantitative estimate of drug-likeness (QED) is 0.380. The van der Waals surface area contributed by atoms with Crippen molar-refractivity contribution in [3.63, 3.8) is 0 Å². The van der Waals surface area contributed by atoms with E-state index in [1.165, 1.54) is 0 Å². The molecule has 0 aromatic heterocycles. The Morgan fingerprint density at radius 1 is 0.750 bits per heavy atom. The summed E-state index contributed by atoms with van der Waals surface area (Å²) in [5, 5.41) is 3.57. The Morgan fingerprint density at radius 2 is 1.11 bits per heavy atom. The molecule has 0 aliphatic carbocycles. The molecule has 0 amide bonds. The number of alkyl halides is 15. The molecule has 0 aromatic carbocycles. The first kappa shape index (κ1) is 24.3. The molecular weight excluding hydrogens is 458 g/mol. The lowest BCUT2D eigenvalue weighted by Gasteiger charge is -2.56. The summed E-state index contributed by atoms with van der Waals surface area (Å²) >= 11 is 0. The number of rotatable bonds is 2. The molecule has 166 valence electrons. The van der Waals surface area contributed by atoms with E-state index in [-0.39, 0.29) is 0 Å². The van der Waals surface area contributed by atoms with Crippen LogP contribution in [0.4, 0.5) is 70.3 Å². The van der Waals surface area contributed by atoms with Gasteiger partial charge in [-0.15, -0.1) is 4.48 Å². The monoisotopic (exact) mass is 459 g/mol. The largest absolute Gasteiger partial charge is 0.479 e. The third kappa shape index (κ3) is 2.10. The van der Waals surface area contributed by atoms with Gasteiger partial charge in [0.1, 0.15) is 0 Å². The fraction of sp³-hybridized carbons (Fsp3) is 0.889. The topological polar surface area (TPSA) is 40.5 Å². The molecule has 3 atom stereocenters. The SMILES string of the molecule is O=C(O)C(F)(C(F)(F)F)C1(F)C(F)(F)C(F)(F)C(F)(F)N(F)C1(F)C(F)(F)F. The molecule has 0 bridgehead atoms. The Labute approximate surface area is 140 Å². The van der Waals surface area contributed by atoms with Crippen molar-refractivity contribution in [2.45, 2.75) is 47.4 Å². The third-order valence-corrected chi connectivity index (χ3v) is 3.71. The lowest BCUT2D eigenvalue weighted by atomic mass is 9.68. The number of hydrogen-bond acceptors (Lipinski definition) is 2. The predicted octanol–water partition coefficient (Wildman–Crippen LogP) is 4.34. The Bertz CT molecular complexity index is 670. The van der Waals surface area contributed by atoms with Gasteiger partial charge in [0.25, 0.3) is 5.67 Å². The van der Waals surface area contributed by atoms with Crippen molar-refractivity contribution < 1.29 is 80.2 Å². The second-order valence-electron chi connectivity index (χ2n) is 5.21. The van der Waals surface area contributed by atoms with E-state index in [2.05, 4.69) is 0 Å². The molecule has 3 nitrogen and oxygen atoms in total. The van der Waals surface area contributed by atoms with Crippen LogP contribution in [0.1, 0.15) is 0 Å². The molecule has 1 saturated heterocycles. The first-order valence-corrected chi connectivity index (χ1v) is 5.88. The van der Waals surface area contributed by atoms with Crippen LogP contribution in [-0.2, 0) is 4.79 Å². The number of carboxylic acid groups (broad SMARTS) is 1. The van der Waals surface area contributed by atoms with Gasteiger partial charge in [-0.05, 0) is 5.12 Å². The highest BCUT2D eigenvalue weighted by molar-refractivity contribution is 5.81. The molecule has 0 aromatic rings. The maximum atomic E-state index is 14.4. The fourth-order valence-electron chi connectivity index (χ4n) is 2.28. The number of nitrogens with zero attached hydrogens (tertiary/aromatic N) is 1. The molecule has 1 aliphatic rings. The van der Waals surface area contributed by atoms with Gasteiger partial charge >= 0.3 is 47.7 Å². The summed E-state index contributed by atoms with van der Waals surface area (Å²) in [6, 6.07) is -7.73. The van der Waals surface area contributed by atoms with Crippen molar-refractivity contribution in [3.8, 4) is 0 Å². The molecule has 0 radical (unpaired) electrons. The van der Waals surface area contributed by atoms with E-state index in [0.29, 0.717) is 0 Å². The Balaban J connectivity index is 4.35. The number of hydrogen-bond donors (Lipinski definition) is 1. The Morgan fingerprint density at radius 3 is 1.36 bits per heavy atom. The highest BCUT2D eigenvalue weighted by Crippen LogP contribution is 2.71. The van der Waals surface area contributed by atoms with Gasteiger partial charge < -0.3 is 5.11 Å². The summed E-state index contributed by atoms with van der Waals surface area (Å²) in [5.41, 5.74) is -16.6. The fourth-order valence-corrected chi connectivity index (χ4v) is 2.28. The van der Waals surface area contributed by atoms with Gasteiger partial charge in [0, 0.05) is 0 Å². The Kier molecular flexibility index (Phi) is 4.75. The average Bonchev–Trinajstić information content (AvgIpc) is 2.47. The standard InChI is InChI=1S/C9HF16NO2/c10-2(1(27)28,7(17,18)19)3(11)4(12,13)5(14,15)9(23,24)26(25)6(3,16)8(20,21)22/h(H,27,28). The van der Waals surface area contributed by atoms with Crippen LogP contribution < -0.4 is 0 Å². The van der Waals surface area contributed by atoms with Crippen LogP contribution in [-0.4, -0.2) is 63.6 Å². The van der Waals surface area contributed by atoms with Crippen molar-refractivity contribution in [1.29, 1.82) is 0 Å². The van der Waals surface area contributed by atoms with Gasteiger partial charge in [0.15, 0.2) is 0 Å². The van der Waals surface area contributed by atoms with Crippen molar-refractivity contribution in [2.75, 3.05) is 0 Å². The van der Waals surface area contributed by atoms with Crippen LogP contribution in [0.2, 0.25) is 0 Å². The molecule has 19 heteroatoms. The highest BCUT2D eigenvalue weighted by Gasteiger charge is 3.05. The van der Waals surface area contributed by atoms with Crippen LogP contribution in [0, 0.1) is 0 Å². The van der Waals surface area contributed by atoms with E-state index in [1.807, 2.05) is 0 Å². The number of carboxylic acids is 1. The first-order valence-electron chi connectivity index (χ1n) is 5.88. The molecule has 3 unspecified atom stereocenters. The zero-order valence-corrected chi connectivity index (χ0v) is 11.9. The molecule has 1 heterocycles. The number of halogens is 16. The molecule has 1 aliphatic heterocycles. The van der Waals surface area contributed by atoms with Crippen molar-refractivity contribution in [3.05, 3.63) is 0 Å². The average molecular weight is 459 g/mol. The van der Waals surface area contributed by atoms with Gasteiger partial charge in [0.2, 0.25) is 0 Å². The van der Waals surface area contributed by atoms with Crippen LogP contribution in [0.3, 0.4) is 0 Å². The Hall–Kier alpha value is -1.69. The van der Waals surface area contributed by atoms with Crippen LogP contribution in [0.5, 0.6) is 0 Å². The summed E-state index contributed by atoms with van der Waals surface area (Å²) in [4.78, 5) is 10.4. The van der Waals surface area contributed by atoms with Crippen LogP contribution in [0.15, 0.2) is 0 Å². The molecule has 1 fully saturated rings. The second-order valence-corrected chi connectivity index (χ2v) is 5.21. The zero-order valence-electron chi connectivity index (χ0n) is 11.9. The molecule has 1 N–H and O–H groups in total. The second kappa shape index (κ2) is 5.47. The lowest BCUT2D eigenvalue weighted by Crippen LogP contribution is -2.92. The molecular formula is C9HF16NO2. The smallest absolute Gasteiger partial charge is 0.442 e. The normalized spacial score (nSPS) is 35.3. The van der Waals surface area contributed by atoms with Crippen LogP contribution >= 0.6 is 0 Å². The van der Waals surface area contributed by atoms with Gasteiger partial charge in [-0.2, -0.15) is 52.7 Å². The van der Waals surface area contributed by atoms with Crippen molar-refractivity contribution in [2.24, 2.45) is 0 Å². The molecule has 0 spiro atoms. The van der Waals surface area contributed by atoms with Crippen LogP contribution in [0.25, 0.3) is 0 Å². The van der Waals surface area contributed by atoms with Crippen molar-refractivity contribution in [1.82, 2.24) is 5.12 Å². The van der Waals surface area contributed by atoms with E-state index in [1.54, 1.807) is 0 Å². The van der Waals surface area contributed by atoms with E-state index >= 15 is 0 Å². The maximum Gasteiger partial charge on any atom is 0.442 e. The van der Waals surface area contributed by atoms with Gasteiger partial charge in [-0.3, -0.25) is 0 Å².